The maximum atomic E-state index is 12.3. The summed E-state index contributed by atoms with van der Waals surface area (Å²) in [6, 6.07) is 12.4. The van der Waals surface area contributed by atoms with Gasteiger partial charge in [0.25, 0.3) is 5.56 Å². The van der Waals surface area contributed by atoms with Crippen LogP contribution in [0.2, 0.25) is 0 Å². The van der Waals surface area contributed by atoms with E-state index in [4.69, 9.17) is 4.74 Å². The maximum Gasteiger partial charge on any atom is 0.338 e. The van der Waals surface area contributed by atoms with Gasteiger partial charge >= 0.3 is 11.7 Å². The van der Waals surface area contributed by atoms with Crippen LogP contribution in [0.4, 0.5) is 0 Å². The van der Waals surface area contributed by atoms with E-state index in [2.05, 4.69) is 10.3 Å². The first-order valence-electron chi connectivity index (χ1n) is 10.1. The molecule has 0 radical (unpaired) electrons. The topological polar surface area (TPSA) is 110 Å². The molecule has 0 bridgehead atoms. The standard InChI is InChI=1S/C23H25N3O5/c1-3-26-21(28)18-10-9-17(14-19(18)25-23(26)30)22(29)31-13-12-24-20(27)11-8-16-6-4-15(2)5-7-16/h4-7,9-10,14H,3,8,11-13H2,1-2H3,(H,24,27)(H,25,30). The van der Waals surface area contributed by atoms with Crippen molar-refractivity contribution in [3.63, 3.8) is 0 Å². The van der Waals surface area contributed by atoms with Gasteiger partial charge in [-0.3, -0.25) is 14.2 Å². The molecule has 0 atom stereocenters. The van der Waals surface area contributed by atoms with Crippen LogP contribution in [0.5, 0.6) is 0 Å². The van der Waals surface area contributed by atoms with Gasteiger partial charge in [-0.25, -0.2) is 9.59 Å². The highest BCUT2D eigenvalue weighted by Crippen LogP contribution is 2.10. The van der Waals surface area contributed by atoms with E-state index in [-0.39, 0.29) is 36.7 Å². The van der Waals surface area contributed by atoms with E-state index in [1.807, 2.05) is 31.2 Å². The molecule has 3 rings (SSSR count). The Bertz CT molecular complexity index is 1210. The van der Waals surface area contributed by atoms with Crippen molar-refractivity contribution in [1.82, 2.24) is 14.9 Å². The Labute approximate surface area is 178 Å². The second-order valence-electron chi connectivity index (χ2n) is 7.21. The molecule has 0 fully saturated rings. The van der Waals surface area contributed by atoms with E-state index >= 15 is 0 Å². The van der Waals surface area contributed by atoms with Gasteiger partial charge in [-0.2, -0.15) is 0 Å². The van der Waals surface area contributed by atoms with Crippen LogP contribution in [0.25, 0.3) is 10.9 Å². The second kappa shape index (κ2) is 9.88. The first-order chi connectivity index (χ1) is 14.9. The number of H-pyrrole nitrogens is 1. The number of hydrogen-bond donors (Lipinski definition) is 2. The number of hydrogen-bond acceptors (Lipinski definition) is 5. The Morgan fingerprint density at radius 3 is 2.55 bits per heavy atom. The predicted molar refractivity (Wildman–Crippen MR) is 117 cm³/mol. The quantitative estimate of drug-likeness (QED) is 0.425. The third kappa shape index (κ3) is 5.48. The van der Waals surface area contributed by atoms with Gasteiger partial charge in [0.05, 0.1) is 23.0 Å². The summed E-state index contributed by atoms with van der Waals surface area (Å²) in [6.07, 6.45) is 0.991. The van der Waals surface area contributed by atoms with Crippen molar-refractivity contribution in [1.29, 1.82) is 0 Å². The number of fused-ring (bicyclic) bond motifs is 1. The average Bonchev–Trinajstić information content (AvgIpc) is 2.76. The molecule has 0 aliphatic carbocycles. The third-order valence-electron chi connectivity index (χ3n) is 4.95. The first kappa shape index (κ1) is 22.0. The normalized spacial score (nSPS) is 10.8. The molecule has 0 saturated heterocycles. The second-order valence-corrected chi connectivity index (χ2v) is 7.21. The Balaban J connectivity index is 1.49. The number of nitrogens with one attached hydrogen (secondary N) is 2. The molecule has 1 heterocycles. The molecule has 2 aromatic carbocycles. The number of carbonyl (C=O) groups is 2. The minimum absolute atomic E-state index is 0.0150. The molecule has 162 valence electrons. The van der Waals surface area contributed by atoms with Gasteiger partial charge in [0.15, 0.2) is 0 Å². The number of benzene rings is 2. The van der Waals surface area contributed by atoms with E-state index in [0.29, 0.717) is 18.2 Å². The molecule has 0 saturated carbocycles. The Hall–Kier alpha value is -3.68. The molecule has 1 aromatic heterocycles. The largest absolute Gasteiger partial charge is 0.460 e. The molecular formula is C23H25N3O5. The van der Waals surface area contributed by atoms with Crippen LogP contribution < -0.4 is 16.6 Å². The van der Waals surface area contributed by atoms with E-state index in [9.17, 15) is 19.2 Å². The number of aromatic amines is 1. The highest BCUT2D eigenvalue weighted by atomic mass is 16.5. The summed E-state index contributed by atoms with van der Waals surface area (Å²) < 4.78 is 6.26. The van der Waals surface area contributed by atoms with Gasteiger partial charge in [-0.05, 0) is 44.0 Å². The summed E-state index contributed by atoms with van der Waals surface area (Å²) >= 11 is 0. The summed E-state index contributed by atoms with van der Waals surface area (Å²) in [5, 5.41) is 3.04. The third-order valence-corrected chi connectivity index (χ3v) is 4.95. The molecule has 2 N–H and O–H groups in total. The molecule has 0 aliphatic heterocycles. The Kier molecular flexibility index (Phi) is 7.02. The van der Waals surface area contributed by atoms with Gasteiger partial charge in [0, 0.05) is 13.0 Å². The lowest BCUT2D eigenvalue weighted by Gasteiger charge is -2.08. The van der Waals surface area contributed by atoms with Crippen LogP contribution in [-0.2, 0) is 22.5 Å². The Morgan fingerprint density at radius 1 is 1.10 bits per heavy atom. The molecule has 3 aromatic rings. The number of amides is 1. The van der Waals surface area contributed by atoms with Crippen molar-refractivity contribution < 1.29 is 14.3 Å². The van der Waals surface area contributed by atoms with Crippen molar-refractivity contribution in [2.24, 2.45) is 0 Å². The number of aryl methyl sites for hydroxylation is 2. The molecule has 8 heteroatoms. The summed E-state index contributed by atoms with van der Waals surface area (Å²) in [6.45, 7) is 4.18. The summed E-state index contributed by atoms with van der Waals surface area (Å²) in [7, 11) is 0. The number of carbonyl (C=O) groups excluding carboxylic acids is 2. The van der Waals surface area contributed by atoms with Gasteiger partial charge < -0.3 is 15.0 Å². The van der Waals surface area contributed by atoms with Crippen molar-refractivity contribution >= 4 is 22.8 Å². The molecule has 31 heavy (non-hydrogen) atoms. The van der Waals surface area contributed by atoms with Crippen LogP contribution in [0.15, 0.2) is 52.1 Å². The Morgan fingerprint density at radius 2 is 1.84 bits per heavy atom. The van der Waals surface area contributed by atoms with Crippen LogP contribution >= 0.6 is 0 Å². The fourth-order valence-corrected chi connectivity index (χ4v) is 3.19. The van der Waals surface area contributed by atoms with E-state index < -0.39 is 17.2 Å². The molecule has 0 spiro atoms. The smallest absolute Gasteiger partial charge is 0.338 e. The lowest BCUT2D eigenvalue weighted by molar-refractivity contribution is -0.121. The monoisotopic (exact) mass is 423 g/mol. The van der Waals surface area contributed by atoms with Crippen molar-refractivity contribution in [2.75, 3.05) is 13.2 Å². The number of nitrogens with zero attached hydrogens (tertiary/aromatic N) is 1. The maximum absolute atomic E-state index is 12.3. The van der Waals surface area contributed by atoms with Crippen molar-refractivity contribution in [2.45, 2.75) is 33.2 Å². The molecule has 8 nitrogen and oxygen atoms in total. The van der Waals surface area contributed by atoms with Crippen LogP contribution in [0.3, 0.4) is 0 Å². The van der Waals surface area contributed by atoms with Crippen LogP contribution in [0, 0.1) is 6.92 Å². The molecule has 0 unspecified atom stereocenters. The lowest BCUT2D eigenvalue weighted by atomic mass is 10.1. The number of ether oxygens (including phenoxy) is 1. The zero-order valence-corrected chi connectivity index (χ0v) is 17.6. The van der Waals surface area contributed by atoms with Gasteiger partial charge in [-0.15, -0.1) is 0 Å². The van der Waals surface area contributed by atoms with Crippen molar-refractivity contribution in [3.05, 3.63) is 80.0 Å². The fraction of sp³-hybridized carbons (Fsp3) is 0.304. The van der Waals surface area contributed by atoms with Gasteiger partial charge in [0.2, 0.25) is 5.91 Å². The average molecular weight is 423 g/mol. The molecular weight excluding hydrogens is 398 g/mol. The van der Waals surface area contributed by atoms with E-state index in [1.54, 1.807) is 6.92 Å². The first-order valence-corrected chi connectivity index (χ1v) is 10.1. The summed E-state index contributed by atoms with van der Waals surface area (Å²) in [5.41, 5.74) is 1.81. The number of rotatable bonds is 8. The van der Waals surface area contributed by atoms with E-state index in [1.165, 1.54) is 23.8 Å². The number of aromatic nitrogens is 2. The SMILES string of the molecule is CCn1c(=O)[nH]c2cc(C(=O)OCCNC(=O)CCc3ccc(C)cc3)ccc2c1=O. The summed E-state index contributed by atoms with van der Waals surface area (Å²) in [4.78, 5) is 51.0. The zero-order valence-electron chi connectivity index (χ0n) is 17.6. The van der Waals surface area contributed by atoms with Crippen LogP contribution in [0.1, 0.15) is 34.8 Å². The molecule has 1 amide bonds. The minimum Gasteiger partial charge on any atom is -0.460 e. The highest BCUT2D eigenvalue weighted by molar-refractivity contribution is 5.94. The van der Waals surface area contributed by atoms with Gasteiger partial charge in [0.1, 0.15) is 6.61 Å². The lowest BCUT2D eigenvalue weighted by Crippen LogP contribution is -2.34. The van der Waals surface area contributed by atoms with Crippen LogP contribution in [-0.4, -0.2) is 34.6 Å². The van der Waals surface area contributed by atoms with Gasteiger partial charge in [-0.1, -0.05) is 29.8 Å². The minimum atomic E-state index is -0.601. The van der Waals surface area contributed by atoms with E-state index in [0.717, 1.165) is 10.1 Å². The van der Waals surface area contributed by atoms with Crippen molar-refractivity contribution in [3.8, 4) is 0 Å². The predicted octanol–water partition coefficient (Wildman–Crippen LogP) is 1.92. The summed E-state index contributed by atoms with van der Waals surface area (Å²) in [5.74, 6) is -0.719. The fourth-order valence-electron chi connectivity index (χ4n) is 3.19. The zero-order chi connectivity index (χ0) is 22.4. The highest BCUT2D eigenvalue weighted by Gasteiger charge is 2.12. The molecule has 0 aliphatic rings. The number of esters is 1.